The van der Waals surface area contributed by atoms with E-state index in [2.05, 4.69) is 5.32 Å². The molecule has 19 heavy (non-hydrogen) atoms. The van der Waals surface area contributed by atoms with E-state index in [1.165, 1.54) is 12.1 Å². The van der Waals surface area contributed by atoms with Crippen molar-refractivity contribution in [2.75, 3.05) is 13.1 Å². The first kappa shape index (κ1) is 14.1. The molecule has 4 heteroatoms. The zero-order chi connectivity index (χ0) is 13.7. The van der Waals surface area contributed by atoms with Gasteiger partial charge < -0.3 is 5.32 Å². The summed E-state index contributed by atoms with van der Waals surface area (Å²) in [5.74, 6) is -0.606. The number of rotatable bonds is 5. The van der Waals surface area contributed by atoms with Crippen LogP contribution in [-0.4, -0.2) is 18.9 Å². The zero-order valence-electron chi connectivity index (χ0n) is 10.9. The van der Waals surface area contributed by atoms with Gasteiger partial charge in [-0.1, -0.05) is 6.07 Å². The Morgan fingerprint density at radius 1 is 1.26 bits per heavy atom. The number of piperidine rings is 1. The van der Waals surface area contributed by atoms with Gasteiger partial charge >= 0.3 is 0 Å². The summed E-state index contributed by atoms with van der Waals surface area (Å²) in [6.45, 7) is 2.04. The van der Waals surface area contributed by atoms with Crippen molar-refractivity contribution in [3.05, 3.63) is 35.4 Å². The highest BCUT2D eigenvalue weighted by molar-refractivity contribution is 5.80. The molecule has 0 radical (unpaired) electrons. The SMILES string of the molecule is O=C(CCC1CCNCC1)Cc1ccc(F)cc1F. The van der Waals surface area contributed by atoms with Crippen molar-refractivity contribution in [2.24, 2.45) is 5.92 Å². The minimum atomic E-state index is -0.629. The second-order valence-corrected chi connectivity index (χ2v) is 5.18. The molecule has 0 atom stereocenters. The first-order valence-electron chi connectivity index (χ1n) is 6.81. The topological polar surface area (TPSA) is 29.1 Å². The van der Waals surface area contributed by atoms with Gasteiger partial charge in [0.25, 0.3) is 0 Å². The van der Waals surface area contributed by atoms with E-state index in [-0.39, 0.29) is 17.8 Å². The van der Waals surface area contributed by atoms with E-state index in [0.29, 0.717) is 12.3 Å². The van der Waals surface area contributed by atoms with Gasteiger partial charge in [-0.15, -0.1) is 0 Å². The largest absolute Gasteiger partial charge is 0.317 e. The quantitative estimate of drug-likeness (QED) is 0.888. The lowest BCUT2D eigenvalue weighted by Crippen LogP contribution is -2.28. The number of nitrogens with one attached hydrogen (secondary N) is 1. The lowest BCUT2D eigenvalue weighted by molar-refractivity contribution is -0.118. The lowest BCUT2D eigenvalue weighted by Gasteiger charge is -2.22. The van der Waals surface area contributed by atoms with Crippen LogP contribution in [0.25, 0.3) is 0 Å². The van der Waals surface area contributed by atoms with Crippen LogP contribution in [0.2, 0.25) is 0 Å². The average Bonchev–Trinajstić information content (AvgIpc) is 2.41. The molecule has 0 aromatic heterocycles. The number of halogens is 2. The average molecular weight is 267 g/mol. The molecular formula is C15H19F2NO. The van der Waals surface area contributed by atoms with Crippen LogP contribution in [0.15, 0.2) is 18.2 Å². The molecule has 1 heterocycles. The summed E-state index contributed by atoms with van der Waals surface area (Å²) in [5.41, 5.74) is 0.289. The third-order valence-corrected chi connectivity index (χ3v) is 3.69. The molecule has 2 nitrogen and oxygen atoms in total. The molecule has 1 saturated heterocycles. The normalized spacial score (nSPS) is 16.5. The number of benzene rings is 1. The van der Waals surface area contributed by atoms with Crippen LogP contribution in [0, 0.1) is 17.6 Å². The molecule has 0 saturated carbocycles. The van der Waals surface area contributed by atoms with E-state index in [4.69, 9.17) is 0 Å². The Morgan fingerprint density at radius 3 is 2.68 bits per heavy atom. The second-order valence-electron chi connectivity index (χ2n) is 5.18. The van der Waals surface area contributed by atoms with Crippen LogP contribution < -0.4 is 5.32 Å². The number of hydrogen-bond donors (Lipinski definition) is 1. The predicted octanol–water partition coefficient (Wildman–Crippen LogP) is 2.86. The van der Waals surface area contributed by atoms with Crippen molar-refractivity contribution < 1.29 is 13.6 Å². The fraction of sp³-hybridized carbons (Fsp3) is 0.533. The van der Waals surface area contributed by atoms with Gasteiger partial charge in [0.1, 0.15) is 17.4 Å². The Labute approximate surface area is 112 Å². The molecule has 0 spiro atoms. The summed E-state index contributed by atoms with van der Waals surface area (Å²) in [6.07, 6.45) is 3.65. The Bertz CT molecular complexity index is 442. The molecule has 1 fully saturated rings. The van der Waals surface area contributed by atoms with Gasteiger partial charge in [0.15, 0.2) is 0 Å². The summed E-state index contributed by atoms with van der Waals surface area (Å²) < 4.78 is 26.2. The number of Topliss-reactive ketones (excluding diaryl/α,β-unsaturated/α-hetero) is 1. The van der Waals surface area contributed by atoms with E-state index in [1.54, 1.807) is 0 Å². The highest BCUT2D eigenvalue weighted by atomic mass is 19.1. The lowest BCUT2D eigenvalue weighted by atomic mass is 9.91. The molecule has 0 aliphatic carbocycles. The third-order valence-electron chi connectivity index (χ3n) is 3.69. The van der Waals surface area contributed by atoms with Gasteiger partial charge in [-0.25, -0.2) is 8.78 Å². The minimum absolute atomic E-state index is 0.0315. The molecule has 0 amide bonds. The van der Waals surface area contributed by atoms with Gasteiger partial charge in [0, 0.05) is 18.9 Å². The van der Waals surface area contributed by atoms with E-state index >= 15 is 0 Å². The summed E-state index contributed by atoms with van der Waals surface area (Å²) in [5, 5.41) is 3.28. The standard InChI is InChI=1S/C15H19F2NO/c16-13-3-2-12(15(17)10-13)9-14(19)4-1-11-5-7-18-8-6-11/h2-3,10-11,18H,1,4-9H2. The van der Waals surface area contributed by atoms with E-state index in [1.807, 2.05) is 0 Å². The van der Waals surface area contributed by atoms with Crippen LogP contribution in [0.3, 0.4) is 0 Å². The van der Waals surface area contributed by atoms with Crippen LogP contribution >= 0.6 is 0 Å². The summed E-state index contributed by atoms with van der Waals surface area (Å²) in [7, 11) is 0. The third kappa shape index (κ3) is 4.39. The van der Waals surface area contributed by atoms with Crippen molar-refractivity contribution in [3.63, 3.8) is 0 Å². The maximum absolute atomic E-state index is 13.4. The van der Waals surface area contributed by atoms with Crippen molar-refractivity contribution in [2.45, 2.75) is 32.1 Å². The Balaban J connectivity index is 1.80. The fourth-order valence-electron chi connectivity index (χ4n) is 2.50. The molecule has 1 aliphatic rings. The maximum Gasteiger partial charge on any atom is 0.137 e. The first-order valence-corrected chi connectivity index (χ1v) is 6.81. The van der Waals surface area contributed by atoms with Crippen LogP contribution in [0.1, 0.15) is 31.2 Å². The highest BCUT2D eigenvalue weighted by Crippen LogP contribution is 2.19. The van der Waals surface area contributed by atoms with Crippen LogP contribution in [0.5, 0.6) is 0 Å². The number of ketones is 1. The number of hydrogen-bond acceptors (Lipinski definition) is 2. The van der Waals surface area contributed by atoms with Gasteiger partial charge in [-0.05, 0) is 49.9 Å². The number of carbonyl (C=O) groups excluding carboxylic acids is 1. The van der Waals surface area contributed by atoms with E-state index in [9.17, 15) is 13.6 Å². The van der Waals surface area contributed by atoms with Gasteiger partial charge in [-0.3, -0.25) is 4.79 Å². The Hall–Kier alpha value is -1.29. The zero-order valence-corrected chi connectivity index (χ0v) is 10.9. The molecule has 0 bridgehead atoms. The Morgan fingerprint density at radius 2 is 2.00 bits per heavy atom. The van der Waals surface area contributed by atoms with Gasteiger partial charge in [0.05, 0.1) is 0 Å². The molecule has 1 aliphatic heterocycles. The number of carbonyl (C=O) groups is 1. The van der Waals surface area contributed by atoms with Crippen molar-refractivity contribution >= 4 is 5.78 Å². The monoisotopic (exact) mass is 267 g/mol. The van der Waals surface area contributed by atoms with Gasteiger partial charge in [-0.2, -0.15) is 0 Å². The molecule has 104 valence electrons. The van der Waals surface area contributed by atoms with Gasteiger partial charge in [0.2, 0.25) is 0 Å². The summed E-state index contributed by atoms with van der Waals surface area (Å²) in [4.78, 5) is 11.8. The van der Waals surface area contributed by atoms with Crippen molar-refractivity contribution in [1.82, 2.24) is 5.32 Å². The van der Waals surface area contributed by atoms with Crippen molar-refractivity contribution in [1.29, 1.82) is 0 Å². The molecule has 2 rings (SSSR count). The predicted molar refractivity (Wildman–Crippen MR) is 69.9 cm³/mol. The summed E-state index contributed by atoms with van der Waals surface area (Å²) >= 11 is 0. The van der Waals surface area contributed by atoms with Crippen LogP contribution in [0.4, 0.5) is 8.78 Å². The maximum atomic E-state index is 13.4. The highest BCUT2D eigenvalue weighted by Gasteiger charge is 2.15. The molecular weight excluding hydrogens is 248 g/mol. The summed E-state index contributed by atoms with van der Waals surface area (Å²) in [6, 6.07) is 3.38. The molecule has 1 aromatic carbocycles. The Kier molecular flexibility index (Phi) is 5.02. The smallest absolute Gasteiger partial charge is 0.137 e. The second kappa shape index (κ2) is 6.75. The van der Waals surface area contributed by atoms with Crippen molar-refractivity contribution in [3.8, 4) is 0 Å². The van der Waals surface area contributed by atoms with E-state index in [0.717, 1.165) is 38.4 Å². The van der Waals surface area contributed by atoms with Crippen LogP contribution in [-0.2, 0) is 11.2 Å². The van der Waals surface area contributed by atoms with E-state index < -0.39 is 11.6 Å². The first-order chi connectivity index (χ1) is 9.15. The molecule has 0 unspecified atom stereocenters. The molecule has 1 aromatic rings. The fourth-order valence-corrected chi connectivity index (χ4v) is 2.50. The molecule has 1 N–H and O–H groups in total. The minimum Gasteiger partial charge on any atom is -0.317 e.